The monoisotopic (exact) mass is 464 g/mol. The predicted molar refractivity (Wildman–Crippen MR) is 129 cm³/mol. The van der Waals surface area contributed by atoms with Crippen LogP contribution < -0.4 is 35.5 Å². The van der Waals surface area contributed by atoms with E-state index in [9.17, 15) is 9.59 Å². The lowest BCUT2D eigenvalue weighted by atomic mass is 10.2. The SMILES string of the molecule is C=CC(=O)Nc1cccc(NC(=O)Nc2ccnc(Nc3cc(OC)c(OC)c(OC)c3)n2)c1. The molecule has 0 aliphatic heterocycles. The van der Waals surface area contributed by atoms with Gasteiger partial charge in [-0.1, -0.05) is 12.6 Å². The third-order valence-electron chi connectivity index (χ3n) is 4.39. The van der Waals surface area contributed by atoms with E-state index in [-0.39, 0.29) is 17.7 Å². The average Bonchev–Trinajstić information content (AvgIpc) is 2.83. The lowest BCUT2D eigenvalue weighted by molar-refractivity contribution is -0.111. The first-order chi connectivity index (χ1) is 16.4. The highest BCUT2D eigenvalue weighted by Gasteiger charge is 2.14. The van der Waals surface area contributed by atoms with E-state index in [1.165, 1.54) is 27.5 Å². The van der Waals surface area contributed by atoms with Crippen molar-refractivity contribution < 1.29 is 23.8 Å². The summed E-state index contributed by atoms with van der Waals surface area (Å²) in [6.45, 7) is 3.41. The van der Waals surface area contributed by atoms with E-state index in [2.05, 4.69) is 37.8 Å². The Balaban J connectivity index is 1.69. The quantitative estimate of drug-likeness (QED) is 0.349. The molecule has 0 saturated carbocycles. The number of anilines is 5. The Bertz CT molecular complexity index is 1170. The average molecular weight is 464 g/mol. The van der Waals surface area contributed by atoms with Crippen LogP contribution in [0.15, 0.2) is 61.3 Å². The molecule has 0 atom stereocenters. The fraction of sp³-hybridized carbons (Fsp3) is 0.130. The highest BCUT2D eigenvalue weighted by atomic mass is 16.5. The van der Waals surface area contributed by atoms with Crippen LogP contribution >= 0.6 is 0 Å². The van der Waals surface area contributed by atoms with Crippen molar-refractivity contribution >= 4 is 40.8 Å². The number of hydrogen-bond donors (Lipinski definition) is 4. The number of amides is 3. The summed E-state index contributed by atoms with van der Waals surface area (Å²) < 4.78 is 16.0. The third-order valence-corrected chi connectivity index (χ3v) is 4.39. The van der Waals surface area contributed by atoms with Crippen LogP contribution in [-0.2, 0) is 4.79 Å². The standard InChI is InChI=1S/C23H24N6O5/c1-5-20(30)25-14-7-6-8-15(11-14)27-23(31)29-19-9-10-24-22(28-19)26-16-12-17(32-2)21(34-4)18(13-16)33-3/h5-13H,1H2,2-4H3,(H,25,30)(H3,24,26,27,28,29,31). The van der Waals surface area contributed by atoms with Crippen molar-refractivity contribution in [1.29, 1.82) is 0 Å². The molecule has 1 heterocycles. The minimum Gasteiger partial charge on any atom is -0.493 e. The van der Waals surface area contributed by atoms with Crippen LogP contribution in [0, 0.1) is 0 Å². The number of carbonyl (C=O) groups is 2. The molecule has 0 bridgehead atoms. The minimum atomic E-state index is -0.523. The topological polar surface area (TPSA) is 136 Å². The number of rotatable bonds is 9. The minimum absolute atomic E-state index is 0.237. The van der Waals surface area contributed by atoms with Gasteiger partial charge in [0.1, 0.15) is 5.82 Å². The number of nitrogens with one attached hydrogen (secondary N) is 4. The van der Waals surface area contributed by atoms with Gasteiger partial charge in [-0.25, -0.2) is 9.78 Å². The highest BCUT2D eigenvalue weighted by Crippen LogP contribution is 2.40. The smallest absolute Gasteiger partial charge is 0.324 e. The predicted octanol–water partition coefficient (Wildman–Crippen LogP) is 4.01. The van der Waals surface area contributed by atoms with Crippen molar-refractivity contribution in [1.82, 2.24) is 9.97 Å². The molecule has 0 radical (unpaired) electrons. The molecule has 0 fully saturated rings. The molecule has 3 aromatic rings. The Kier molecular flexibility index (Phi) is 7.84. The van der Waals surface area contributed by atoms with E-state index in [1.807, 2.05) is 0 Å². The molecule has 0 aliphatic rings. The van der Waals surface area contributed by atoms with Crippen LogP contribution in [-0.4, -0.2) is 43.2 Å². The molecule has 0 spiro atoms. The first-order valence-corrected chi connectivity index (χ1v) is 9.97. The van der Waals surface area contributed by atoms with Crippen molar-refractivity contribution in [2.45, 2.75) is 0 Å². The lowest BCUT2D eigenvalue weighted by Gasteiger charge is -2.15. The molecular weight excluding hydrogens is 440 g/mol. The number of nitrogens with zero attached hydrogens (tertiary/aromatic N) is 2. The van der Waals surface area contributed by atoms with Crippen molar-refractivity contribution in [3.05, 3.63) is 61.3 Å². The number of methoxy groups -OCH3 is 3. The van der Waals surface area contributed by atoms with Gasteiger partial charge in [0.05, 0.1) is 21.3 Å². The van der Waals surface area contributed by atoms with Gasteiger partial charge in [-0.3, -0.25) is 10.1 Å². The van der Waals surface area contributed by atoms with E-state index in [0.717, 1.165) is 6.08 Å². The maximum atomic E-state index is 12.4. The first kappa shape index (κ1) is 23.9. The Morgan fingerprint density at radius 3 is 2.18 bits per heavy atom. The second-order valence-electron chi connectivity index (χ2n) is 6.66. The second kappa shape index (κ2) is 11.2. The molecule has 11 nitrogen and oxygen atoms in total. The fourth-order valence-electron chi connectivity index (χ4n) is 2.92. The Labute approximate surface area is 196 Å². The Morgan fingerprint density at radius 2 is 1.56 bits per heavy atom. The van der Waals surface area contributed by atoms with Gasteiger partial charge < -0.3 is 30.2 Å². The van der Waals surface area contributed by atoms with E-state index in [4.69, 9.17) is 14.2 Å². The van der Waals surface area contributed by atoms with Crippen LogP contribution in [0.3, 0.4) is 0 Å². The molecule has 3 amide bonds. The number of ether oxygens (including phenoxy) is 3. The van der Waals surface area contributed by atoms with Crippen LogP contribution in [0.5, 0.6) is 17.2 Å². The summed E-state index contributed by atoms with van der Waals surface area (Å²) in [6.07, 6.45) is 2.65. The molecule has 0 saturated heterocycles. The van der Waals surface area contributed by atoms with Gasteiger partial charge in [-0.15, -0.1) is 0 Å². The first-order valence-electron chi connectivity index (χ1n) is 9.97. The lowest BCUT2D eigenvalue weighted by Crippen LogP contribution is -2.20. The van der Waals surface area contributed by atoms with Gasteiger partial charge in [-0.2, -0.15) is 4.98 Å². The summed E-state index contributed by atoms with van der Waals surface area (Å²) in [5.74, 6) is 1.53. The van der Waals surface area contributed by atoms with E-state index < -0.39 is 6.03 Å². The molecule has 11 heteroatoms. The van der Waals surface area contributed by atoms with Gasteiger partial charge in [0, 0.05) is 35.4 Å². The summed E-state index contributed by atoms with van der Waals surface area (Å²) in [5.41, 5.74) is 1.58. The maximum Gasteiger partial charge on any atom is 0.324 e. The van der Waals surface area contributed by atoms with Crippen LogP contribution in [0.2, 0.25) is 0 Å². The largest absolute Gasteiger partial charge is 0.493 e. The molecule has 34 heavy (non-hydrogen) atoms. The summed E-state index contributed by atoms with van der Waals surface area (Å²) in [7, 11) is 4.55. The molecule has 2 aromatic carbocycles. The summed E-state index contributed by atoms with van der Waals surface area (Å²) >= 11 is 0. The van der Waals surface area contributed by atoms with Crippen molar-refractivity contribution in [3.63, 3.8) is 0 Å². The zero-order valence-corrected chi connectivity index (χ0v) is 18.8. The Hall–Kier alpha value is -4.80. The molecular formula is C23H24N6O5. The molecule has 0 unspecified atom stereocenters. The van der Waals surface area contributed by atoms with Crippen LogP contribution in [0.25, 0.3) is 0 Å². The van der Waals surface area contributed by atoms with Gasteiger partial charge >= 0.3 is 6.03 Å². The van der Waals surface area contributed by atoms with Gasteiger partial charge in [-0.05, 0) is 30.3 Å². The second-order valence-corrected chi connectivity index (χ2v) is 6.66. The zero-order chi connectivity index (χ0) is 24.5. The molecule has 0 aliphatic carbocycles. The number of carbonyl (C=O) groups excluding carboxylic acids is 2. The van der Waals surface area contributed by atoms with Gasteiger partial charge in [0.25, 0.3) is 0 Å². The van der Waals surface area contributed by atoms with Gasteiger partial charge in [0.2, 0.25) is 17.6 Å². The molecule has 1 aromatic heterocycles. The van der Waals surface area contributed by atoms with Crippen LogP contribution in [0.1, 0.15) is 0 Å². The highest BCUT2D eigenvalue weighted by molar-refractivity contribution is 6.01. The Morgan fingerprint density at radius 1 is 0.882 bits per heavy atom. The zero-order valence-electron chi connectivity index (χ0n) is 18.8. The molecule has 4 N–H and O–H groups in total. The fourth-order valence-corrected chi connectivity index (χ4v) is 2.92. The molecule has 3 rings (SSSR count). The van der Waals surface area contributed by atoms with E-state index in [0.29, 0.717) is 34.3 Å². The summed E-state index contributed by atoms with van der Waals surface area (Å²) in [4.78, 5) is 32.3. The maximum absolute atomic E-state index is 12.4. The number of urea groups is 1. The summed E-state index contributed by atoms with van der Waals surface area (Å²) in [5, 5.41) is 11.0. The van der Waals surface area contributed by atoms with Crippen molar-refractivity contribution in [3.8, 4) is 17.2 Å². The van der Waals surface area contributed by atoms with Crippen LogP contribution in [0.4, 0.5) is 33.6 Å². The van der Waals surface area contributed by atoms with E-state index in [1.54, 1.807) is 42.5 Å². The number of aromatic nitrogens is 2. The summed E-state index contributed by atoms with van der Waals surface area (Å²) in [6, 6.07) is 11.1. The normalized spacial score (nSPS) is 9.97. The number of benzene rings is 2. The van der Waals surface area contributed by atoms with Gasteiger partial charge in [0.15, 0.2) is 11.5 Å². The van der Waals surface area contributed by atoms with Crippen molar-refractivity contribution in [2.75, 3.05) is 42.6 Å². The van der Waals surface area contributed by atoms with Crippen molar-refractivity contribution in [2.24, 2.45) is 0 Å². The third kappa shape index (κ3) is 6.13. The number of hydrogen-bond acceptors (Lipinski definition) is 8. The molecule has 176 valence electrons. The van der Waals surface area contributed by atoms with E-state index >= 15 is 0 Å².